The van der Waals surface area contributed by atoms with Crippen molar-refractivity contribution in [3.63, 3.8) is 0 Å². The summed E-state index contributed by atoms with van der Waals surface area (Å²) in [5, 5.41) is 9.03. The van der Waals surface area contributed by atoms with Gasteiger partial charge in [0.25, 0.3) is 0 Å². The number of rotatable bonds is 3. The molecule has 1 fully saturated rings. The molecular weight excluding hydrogens is 180 g/mol. The van der Waals surface area contributed by atoms with E-state index in [9.17, 15) is 4.79 Å². The summed E-state index contributed by atoms with van der Waals surface area (Å²) in [6.45, 7) is 0. The van der Waals surface area contributed by atoms with Crippen molar-refractivity contribution in [1.82, 2.24) is 4.98 Å². The summed E-state index contributed by atoms with van der Waals surface area (Å²) in [6, 6.07) is 4.89. The third-order valence-corrected chi connectivity index (χ3v) is 2.82. The summed E-state index contributed by atoms with van der Waals surface area (Å²) in [7, 11) is 0. The van der Waals surface area contributed by atoms with Crippen LogP contribution in [0, 0.1) is 5.41 Å². The van der Waals surface area contributed by atoms with Gasteiger partial charge in [0.2, 0.25) is 0 Å². The average molecular weight is 192 g/mol. The first-order chi connectivity index (χ1) is 6.67. The topological polar surface area (TPSA) is 76.2 Å². The lowest BCUT2D eigenvalue weighted by Crippen LogP contribution is -2.30. The number of aromatic nitrogens is 1. The van der Waals surface area contributed by atoms with E-state index < -0.39 is 17.4 Å². The van der Waals surface area contributed by atoms with Gasteiger partial charge in [0.1, 0.15) is 0 Å². The van der Waals surface area contributed by atoms with E-state index in [-0.39, 0.29) is 0 Å². The van der Waals surface area contributed by atoms with Crippen LogP contribution in [0.15, 0.2) is 24.4 Å². The number of carboxylic acids is 1. The molecule has 2 rings (SSSR count). The van der Waals surface area contributed by atoms with Crippen molar-refractivity contribution in [2.75, 3.05) is 0 Å². The first-order valence-electron chi connectivity index (χ1n) is 4.57. The Morgan fingerprint density at radius 1 is 1.57 bits per heavy atom. The molecule has 4 nitrogen and oxygen atoms in total. The van der Waals surface area contributed by atoms with Gasteiger partial charge in [0, 0.05) is 6.20 Å². The number of hydrogen-bond acceptors (Lipinski definition) is 3. The third kappa shape index (κ3) is 1.28. The van der Waals surface area contributed by atoms with E-state index in [2.05, 4.69) is 4.98 Å². The normalized spacial score (nSPS) is 20.1. The van der Waals surface area contributed by atoms with Crippen LogP contribution in [0.3, 0.4) is 0 Å². The van der Waals surface area contributed by atoms with E-state index in [1.807, 2.05) is 6.07 Å². The van der Waals surface area contributed by atoms with E-state index in [0.717, 1.165) is 0 Å². The number of carboxylic acid groups (broad SMARTS) is 1. The lowest BCUT2D eigenvalue weighted by Gasteiger charge is -2.17. The van der Waals surface area contributed by atoms with E-state index in [0.29, 0.717) is 18.5 Å². The molecular formula is C10H12N2O2. The van der Waals surface area contributed by atoms with E-state index in [1.165, 1.54) is 0 Å². The Morgan fingerprint density at radius 3 is 2.71 bits per heavy atom. The molecule has 1 unspecified atom stereocenters. The van der Waals surface area contributed by atoms with Gasteiger partial charge in [-0.05, 0) is 25.0 Å². The first kappa shape index (κ1) is 9.15. The molecule has 1 heterocycles. The van der Waals surface area contributed by atoms with Crippen LogP contribution >= 0.6 is 0 Å². The molecule has 0 aliphatic heterocycles. The Hall–Kier alpha value is -1.42. The summed E-state index contributed by atoms with van der Waals surface area (Å²) in [4.78, 5) is 15.1. The number of nitrogens with two attached hydrogens (primary N) is 1. The van der Waals surface area contributed by atoms with Crippen LogP contribution in [0.5, 0.6) is 0 Å². The fraction of sp³-hybridized carbons (Fsp3) is 0.400. The first-order valence-corrected chi connectivity index (χ1v) is 4.57. The van der Waals surface area contributed by atoms with Crippen LogP contribution in [-0.2, 0) is 4.79 Å². The molecule has 1 aromatic heterocycles. The molecule has 0 radical (unpaired) electrons. The van der Waals surface area contributed by atoms with Crippen LogP contribution in [0.1, 0.15) is 24.6 Å². The maximum atomic E-state index is 11.0. The van der Waals surface area contributed by atoms with Gasteiger partial charge in [0.05, 0.1) is 17.2 Å². The standard InChI is InChI=1S/C10H12N2O2/c11-8(7-3-1-2-6-12-7)10(4-5-10)9(13)14/h1-3,6,8H,4-5,11H2,(H,13,14). The van der Waals surface area contributed by atoms with Gasteiger partial charge < -0.3 is 10.8 Å². The highest BCUT2D eigenvalue weighted by atomic mass is 16.4. The maximum absolute atomic E-state index is 11.0. The minimum absolute atomic E-state index is 0.485. The minimum atomic E-state index is -0.810. The van der Waals surface area contributed by atoms with Crippen LogP contribution in [-0.4, -0.2) is 16.1 Å². The molecule has 4 heteroatoms. The van der Waals surface area contributed by atoms with Crippen LogP contribution in [0.4, 0.5) is 0 Å². The Bertz CT molecular complexity index is 346. The summed E-state index contributed by atoms with van der Waals surface area (Å²) >= 11 is 0. The van der Waals surface area contributed by atoms with Crippen molar-refractivity contribution < 1.29 is 9.90 Å². The van der Waals surface area contributed by atoms with Crippen molar-refractivity contribution in [3.05, 3.63) is 30.1 Å². The molecule has 0 bridgehead atoms. The average Bonchev–Trinajstić information content (AvgIpc) is 2.99. The predicted molar refractivity (Wildman–Crippen MR) is 50.5 cm³/mol. The number of nitrogens with zero attached hydrogens (tertiary/aromatic N) is 1. The van der Waals surface area contributed by atoms with Gasteiger partial charge in [0.15, 0.2) is 0 Å². The quantitative estimate of drug-likeness (QED) is 0.747. The highest BCUT2D eigenvalue weighted by Gasteiger charge is 2.55. The zero-order valence-electron chi connectivity index (χ0n) is 7.68. The fourth-order valence-electron chi connectivity index (χ4n) is 1.64. The zero-order chi connectivity index (χ0) is 10.2. The van der Waals surface area contributed by atoms with Gasteiger partial charge in [-0.25, -0.2) is 0 Å². The number of aliphatic carboxylic acids is 1. The second kappa shape index (κ2) is 3.06. The largest absolute Gasteiger partial charge is 0.481 e. The van der Waals surface area contributed by atoms with Gasteiger partial charge in [-0.1, -0.05) is 6.07 Å². The molecule has 1 aliphatic rings. The summed E-state index contributed by atoms with van der Waals surface area (Å²) < 4.78 is 0. The highest BCUT2D eigenvalue weighted by molar-refractivity contribution is 5.79. The fourth-order valence-corrected chi connectivity index (χ4v) is 1.64. The molecule has 14 heavy (non-hydrogen) atoms. The van der Waals surface area contributed by atoms with Crippen LogP contribution in [0.2, 0.25) is 0 Å². The van der Waals surface area contributed by atoms with Gasteiger partial charge in [-0.2, -0.15) is 0 Å². The molecule has 0 spiro atoms. The van der Waals surface area contributed by atoms with Crippen molar-refractivity contribution in [3.8, 4) is 0 Å². The Balaban J connectivity index is 2.25. The van der Waals surface area contributed by atoms with E-state index in [1.54, 1.807) is 18.3 Å². The molecule has 3 N–H and O–H groups in total. The third-order valence-electron chi connectivity index (χ3n) is 2.82. The van der Waals surface area contributed by atoms with Crippen molar-refractivity contribution >= 4 is 5.97 Å². The Morgan fingerprint density at radius 2 is 2.29 bits per heavy atom. The number of pyridine rings is 1. The smallest absolute Gasteiger partial charge is 0.311 e. The maximum Gasteiger partial charge on any atom is 0.311 e. The Kier molecular flexibility index (Phi) is 2.00. The number of carbonyl (C=O) groups is 1. The van der Waals surface area contributed by atoms with Gasteiger partial charge in [-0.3, -0.25) is 9.78 Å². The number of hydrogen-bond donors (Lipinski definition) is 2. The zero-order valence-corrected chi connectivity index (χ0v) is 7.68. The van der Waals surface area contributed by atoms with Crippen molar-refractivity contribution in [1.29, 1.82) is 0 Å². The lowest BCUT2D eigenvalue weighted by atomic mass is 9.94. The molecule has 0 saturated heterocycles. The minimum Gasteiger partial charge on any atom is -0.481 e. The van der Waals surface area contributed by atoms with Gasteiger partial charge in [-0.15, -0.1) is 0 Å². The van der Waals surface area contributed by atoms with Gasteiger partial charge >= 0.3 is 5.97 Å². The SMILES string of the molecule is NC(c1ccccn1)C1(C(=O)O)CC1. The second-order valence-electron chi connectivity index (χ2n) is 3.69. The summed E-state index contributed by atoms with van der Waals surface area (Å²) in [5.41, 5.74) is 5.80. The monoisotopic (exact) mass is 192 g/mol. The second-order valence-corrected chi connectivity index (χ2v) is 3.69. The lowest BCUT2D eigenvalue weighted by molar-refractivity contribution is -0.144. The van der Waals surface area contributed by atoms with E-state index >= 15 is 0 Å². The van der Waals surface area contributed by atoms with Crippen molar-refractivity contribution in [2.45, 2.75) is 18.9 Å². The van der Waals surface area contributed by atoms with Crippen molar-refractivity contribution in [2.24, 2.45) is 11.1 Å². The predicted octanol–water partition coefficient (Wildman–Crippen LogP) is 0.946. The molecule has 0 aromatic carbocycles. The van der Waals surface area contributed by atoms with Crippen LogP contribution in [0.25, 0.3) is 0 Å². The molecule has 1 aliphatic carbocycles. The molecule has 1 aromatic rings. The highest BCUT2D eigenvalue weighted by Crippen LogP contribution is 2.53. The Labute approximate surface area is 81.8 Å². The molecule has 1 atom stereocenters. The van der Waals surface area contributed by atoms with E-state index in [4.69, 9.17) is 10.8 Å². The molecule has 0 amide bonds. The summed E-state index contributed by atoms with van der Waals surface area (Å²) in [5.74, 6) is -0.810. The van der Waals surface area contributed by atoms with Crippen LogP contribution < -0.4 is 5.73 Å². The molecule has 74 valence electrons. The molecule has 1 saturated carbocycles. The summed E-state index contributed by atoms with van der Waals surface area (Å²) in [6.07, 6.45) is 2.94.